The molecule has 2 rings (SSSR count). The molecular weight excluding hydrogens is 281 g/mol. The Balaban J connectivity index is 1.94. The van der Waals surface area contributed by atoms with Crippen LogP contribution in [0.2, 0.25) is 0 Å². The summed E-state index contributed by atoms with van der Waals surface area (Å²) < 4.78 is 13.7. The fourth-order valence-corrected chi connectivity index (χ4v) is 2.88. The van der Waals surface area contributed by atoms with E-state index in [4.69, 9.17) is 0 Å². The van der Waals surface area contributed by atoms with Gasteiger partial charge in [-0.2, -0.15) is 0 Å². The summed E-state index contributed by atoms with van der Waals surface area (Å²) in [4.78, 5) is 16.1. The van der Waals surface area contributed by atoms with Gasteiger partial charge in [0.1, 0.15) is 5.82 Å². The van der Waals surface area contributed by atoms with Crippen LogP contribution < -0.4 is 5.32 Å². The smallest absolute Gasteiger partial charge is 0.317 e. The normalized spacial score (nSPS) is 18.6. The van der Waals surface area contributed by atoms with E-state index >= 15 is 0 Å². The summed E-state index contributed by atoms with van der Waals surface area (Å²) >= 11 is 0. The molecule has 4 nitrogen and oxygen atoms in total. The van der Waals surface area contributed by atoms with Crippen LogP contribution in [0.25, 0.3) is 0 Å². The molecule has 2 amide bonds. The maximum atomic E-state index is 13.7. The summed E-state index contributed by atoms with van der Waals surface area (Å²) in [5.74, 6) is -0.201. The van der Waals surface area contributed by atoms with Gasteiger partial charge < -0.3 is 15.1 Å². The second kappa shape index (κ2) is 7.58. The third kappa shape index (κ3) is 4.44. The van der Waals surface area contributed by atoms with Crippen LogP contribution in [0.3, 0.4) is 0 Å². The second-order valence-corrected chi connectivity index (χ2v) is 6.36. The molecule has 1 aromatic rings. The molecule has 5 heteroatoms. The molecule has 0 bridgehead atoms. The van der Waals surface area contributed by atoms with Gasteiger partial charge in [-0.25, -0.2) is 9.18 Å². The SMILES string of the molecule is C[C@H]1CCCCN1C(=O)NCc1ccc(F)c(CN(C)C)c1. The fourth-order valence-electron chi connectivity index (χ4n) is 2.88. The number of benzene rings is 1. The number of piperidine rings is 1. The summed E-state index contributed by atoms with van der Waals surface area (Å²) in [6.07, 6.45) is 3.33. The summed E-state index contributed by atoms with van der Waals surface area (Å²) in [6, 6.07) is 5.31. The Kier molecular flexibility index (Phi) is 5.77. The number of amides is 2. The highest BCUT2D eigenvalue weighted by molar-refractivity contribution is 5.74. The Morgan fingerprint density at radius 1 is 1.41 bits per heavy atom. The van der Waals surface area contributed by atoms with Gasteiger partial charge in [0, 0.05) is 31.2 Å². The van der Waals surface area contributed by atoms with Crippen molar-refractivity contribution in [2.75, 3.05) is 20.6 Å². The van der Waals surface area contributed by atoms with E-state index in [0.717, 1.165) is 24.9 Å². The predicted molar refractivity (Wildman–Crippen MR) is 86.0 cm³/mol. The van der Waals surface area contributed by atoms with E-state index in [9.17, 15) is 9.18 Å². The van der Waals surface area contributed by atoms with E-state index in [1.165, 1.54) is 12.5 Å². The number of carbonyl (C=O) groups is 1. The van der Waals surface area contributed by atoms with Crippen molar-refractivity contribution in [1.82, 2.24) is 15.1 Å². The number of nitrogens with one attached hydrogen (secondary N) is 1. The molecule has 0 aromatic heterocycles. The maximum Gasteiger partial charge on any atom is 0.317 e. The average Bonchev–Trinajstić information content (AvgIpc) is 2.47. The van der Waals surface area contributed by atoms with Crippen LogP contribution in [0.1, 0.15) is 37.3 Å². The van der Waals surface area contributed by atoms with Crippen molar-refractivity contribution in [2.24, 2.45) is 0 Å². The molecular formula is C17H26FN3O. The Morgan fingerprint density at radius 2 is 2.18 bits per heavy atom. The van der Waals surface area contributed by atoms with Crippen LogP contribution in [0.4, 0.5) is 9.18 Å². The molecule has 122 valence electrons. The van der Waals surface area contributed by atoms with Crippen LogP contribution in [-0.2, 0) is 13.1 Å². The summed E-state index contributed by atoms with van der Waals surface area (Å²) in [6.45, 7) is 3.90. The Hall–Kier alpha value is -1.62. The third-order valence-corrected chi connectivity index (χ3v) is 4.10. The maximum absolute atomic E-state index is 13.7. The van der Waals surface area contributed by atoms with Crippen molar-refractivity contribution in [2.45, 2.75) is 45.3 Å². The molecule has 0 spiro atoms. The van der Waals surface area contributed by atoms with Crippen molar-refractivity contribution in [3.63, 3.8) is 0 Å². The van der Waals surface area contributed by atoms with Crippen molar-refractivity contribution < 1.29 is 9.18 Å². The Labute approximate surface area is 132 Å². The zero-order chi connectivity index (χ0) is 16.1. The van der Waals surface area contributed by atoms with Crippen LogP contribution >= 0.6 is 0 Å². The number of carbonyl (C=O) groups excluding carboxylic acids is 1. The minimum absolute atomic E-state index is 0.0225. The predicted octanol–water partition coefficient (Wildman–Crippen LogP) is 2.97. The molecule has 1 N–H and O–H groups in total. The molecule has 0 radical (unpaired) electrons. The molecule has 0 unspecified atom stereocenters. The second-order valence-electron chi connectivity index (χ2n) is 6.36. The first-order valence-corrected chi connectivity index (χ1v) is 7.94. The van der Waals surface area contributed by atoms with Crippen molar-refractivity contribution >= 4 is 6.03 Å². The number of likely N-dealkylation sites (tertiary alicyclic amines) is 1. The van der Waals surface area contributed by atoms with Gasteiger partial charge in [0.15, 0.2) is 0 Å². The number of urea groups is 1. The molecule has 22 heavy (non-hydrogen) atoms. The molecule has 1 heterocycles. The molecule has 1 atom stereocenters. The molecule has 1 aromatic carbocycles. The van der Waals surface area contributed by atoms with Gasteiger partial charge >= 0.3 is 6.03 Å². The molecule has 1 aliphatic rings. The Bertz CT molecular complexity index is 519. The lowest BCUT2D eigenvalue weighted by atomic mass is 10.0. The number of rotatable bonds is 4. The summed E-state index contributed by atoms with van der Waals surface area (Å²) in [7, 11) is 3.82. The van der Waals surface area contributed by atoms with Gasteiger partial charge in [-0.3, -0.25) is 0 Å². The quantitative estimate of drug-likeness (QED) is 0.928. The monoisotopic (exact) mass is 307 g/mol. The fraction of sp³-hybridized carbons (Fsp3) is 0.588. The van der Waals surface area contributed by atoms with E-state index in [2.05, 4.69) is 12.2 Å². The van der Waals surface area contributed by atoms with E-state index in [1.54, 1.807) is 6.07 Å². The molecule has 0 aliphatic carbocycles. The first-order chi connectivity index (χ1) is 10.5. The summed E-state index contributed by atoms with van der Waals surface area (Å²) in [5.41, 5.74) is 1.58. The first-order valence-electron chi connectivity index (χ1n) is 7.94. The van der Waals surface area contributed by atoms with E-state index in [1.807, 2.05) is 30.0 Å². The number of hydrogen-bond donors (Lipinski definition) is 1. The van der Waals surface area contributed by atoms with Crippen molar-refractivity contribution in [3.05, 3.63) is 35.1 Å². The minimum Gasteiger partial charge on any atom is -0.334 e. The minimum atomic E-state index is -0.201. The van der Waals surface area contributed by atoms with Gasteiger partial charge in [-0.05, 0) is 58.0 Å². The van der Waals surface area contributed by atoms with Crippen LogP contribution in [-0.4, -0.2) is 42.5 Å². The Morgan fingerprint density at radius 3 is 2.86 bits per heavy atom. The van der Waals surface area contributed by atoms with Gasteiger partial charge in [0.25, 0.3) is 0 Å². The van der Waals surface area contributed by atoms with E-state index < -0.39 is 0 Å². The highest BCUT2D eigenvalue weighted by Crippen LogP contribution is 2.17. The van der Waals surface area contributed by atoms with Crippen LogP contribution in [0.5, 0.6) is 0 Å². The zero-order valence-corrected chi connectivity index (χ0v) is 13.7. The number of hydrogen-bond acceptors (Lipinski definition) is 2. The van der Waals surface area contributed by atoms with E-state index in [0.29, 0.717) is 24.7 Å². The third-order valence-electron chi connectivity index (χ3n) is 4.10. The van der Waals surface area contributed by atoms with Crippen LogP contribution in [0.15, 0.2) is 18.2 Å². The van der Waals surface area contributed by atoms with Gasteiger partial charge in [0.05, 0.1) is 0 Å². The van der Waals surface area contributed by atoms with E-state index in [-0.39, 0.29) is 11.8 Å². The van der Waals surface area contributed by atoms with Gasteiger partial charge in [-0.1, -0.05) is 6.07 Å². The van der Waals surface area contributed by atoms with Crippen molar-refractivity contribution in [3.8, 4) is 0 Å². The molecule has 1 aliphatic heterocycles. The van der Waals surface area contributed by atoms with Gasteiger partial charge in [-0.15, -0.1) is 0 Å². The lowest BCUT2D eigenvalue weighted by Crippen LogP contribution is -2.47. The highest BCUT2D eigenvalue weighted by Gasteiger charge is 2.22. The standard InChI is InChI=1S/C17H26FN3O/c1-13-6-4-5-9-21(13)17(22)19-11-14-7-8-16(18)15(10-14)12-20(2)3/h7-8,10,13H,4-6,9,11-12H2,1-3H3,(H,19,22)/t13-/m0/s1. The summed E-state index contributed by atoms with van der Waals surface area (Å²) in [5, 5.41) is 2.95. The lowest BCUT2D eigenvalue weighted by molar-refractivity contribution is 0.158. The topological polar surface area (TPSA) is 35.6 Å². The van der Waals surface area contributed by atoms with Crippen molar-refractivity contribution in [1.29, 1.82) is 0 Å². The first kappa shape index (κ1) is 16.7. The largest absolute Gasteiger partial charge is 0.334 e. The lowest BCUT2D eigenvalue weighted by Gasteiger charge is -2.33. The average molecular weight is 307 g/mol. The highest BCUT2D eigenvalue weighted by atomic mass is 19.1. The van der Waals surface area contributed by atoms with Crippen LogP contribution in [0, 0.1) is 5.82 Å². The number of nitrogens with zero attached hydrogens (tertiary/aromatic N) is 2. The molecule has 1 fully saturated rings. The molecule has 1 saturated heterocycles. The zero-order valence-electron chi connectivity index (χ0n) is 13.7. The molecule has 0 saturated carbocycles. The van der Waals surface area contributed by atoms with Gasteiger partial charge in [0.2, 0.25) is 0 Å². The number of halogens is 1.